The number of hydrogen-bond donors (Lipinski definition) is 1. The van der Waals surface area contributed by atoms with E-state index in [-0.39, 0.29) is 5.91 Å². The van der Waals surface area contributed by atoms with Crippen LogP contribution in [-0.2, 0) is 11.3 Å². The predicted molar refractivity (Wildman–Crippen MR) is 103 cm³/mol. The largest absolute Gasteiger partial charge is 0.348 e. The van der Waals surface area contributed by atoms with E-state index in [0.717, 1.165) is 22.5 Å². The lowest BCUT2D eigenvalue weighted by Gasteiger charge is -2.03. The second-order valence-electron chi connectivity index (χ2n) is 5.62. The zero-order valence-corrected chi connectivity index (χ0v) is 14.5. The van der Waals surface area contributed by atoms with Gasteiger partial charge in [0, 0.05) is 42.3 Å². The summed E-state index contributed by atoms with van der Waals surface area (Å²) < 4.78 is 1.83. The third-order valence-electron chi connectivity index (χ3n) is 3.77. The zero-order valence-electron chi connectivity index (χ0n) is 14.5. The van der Waals surface area contributed by atoms with Crippen LogP contribution >= 0.6 is 0 Å². The molecule has 0 saturated heterocycles. The van der Waals surface area contributed by atoms with Crippen molar-refractivity contribution in [1.82, 2.24) is 20.1 Å². The highest BCUT2D eigenvalue weighted by Gasteiger charge is 2.12. The first-order chi connectivity index (χ1) is 12.8. The minimum absolute atomic E-state index is 0.142. The lowest BCUT2D eigenvalue weighted by atomic mass is 10.1. The fourth-order valence-corrected chi connectivity index (χ4v) is 2.50. The molecule has 0 aliphatic heterocycles. The van der Waals surface area contributed by atoms with Gasteiger partial charge in [0.25, 0.3) is 0 Å². The van der Waals surface area contributed by atoms with Crippen LogP contribution in [0.25, 0.3) is 16.9 Å². The van der Waals surface area contributed by atoms with Gasteiger partial charge in [-0.3, -0.25) is 9.78 Å². The molecule has 0 atom stereocenters. The molecule has 0 radical (unpaired) electrons. The van der Waals surface area contributed by atoms with E-state index in [1.807, 2.05) is 72.4 Å². The molecule has 0 spiro atoms. The summed E-state index contributed by atoms with van der Waals surface area (Å²) in [4.78, 5) is 16.0. The fourth-order valence-electron chi connectivity index (χ4n) is 2.50. The minimum atomic E-state index is -0.142. The highest BCUT2D eigenvalue weighted by atomic mass is 16.1. The van der Waals surface area contributed by atoms with E-state index >= 15 is 0 Å². The predicted octanol–water partition coefficient (Wildman–Crippen LogP) is 3.68. The Kier molecular flexibility index (Phi) is 5.72. The Morgan fingerprint density at radius 2 is 1.88 bits per heavy atom. The Morgan fingerprint density at radius 1 is 1.12 bits per heavy atom. The van der Waals surface area contributed by atoms with Crippen LogP contribution in [0.1, 0.15) is 12.5 Å². The van der Waals surface area contributed by atoms with Gasteiger partial charge in [0.2, 0.25) is 5.91 Å². The van der Waals surface area contributed by atoms with Gasteiger partial charge in [-0.25, -0.2) is 4.68 Å². The van der Waals surface area contributed by atoms with Crippen molar-refractivity contribution in [2.45, 2.75) is 13.5 Å². The molecule has 0 aliphatic rings. The van der Waals surface area contributed by atoms with Crippen molar-refractivity contribution >= 4 is 5.91 Å². The summed E-state index contributed by atoms with van der Waals surface area (Å²) in [6.07, 6.45) is 12.3. The van der Waals surface area contributed by atoms with Crippen LogP contribution in [0.2, 0.25) is 0 Å². The molecule has 0 unspecified atom stereocenters. The monoisotopic (exact) mass is 344 g/mol. The smallest absolute Gasteiger partial charge is 0.244 e. The summed E-state index contributed by atoms with van der Waals surface area (Å²) >= 11 is 0. The molecular weight excluding hydrogens is 324 g/mol. The van der Waals surface area contributed by atoms with Crippen LogP contribution in [0, 0.1) is 0 Å². The summed E-state index contributed by atoms with van der Waals surface area (Å²) in [7, 11) is 0. The number of para-hydroxylation sites is 1. The number of carbonyl (C=O) groups is 1. The van der Waals surface area contributed by atoms with Gasteiger partial charge < -0.3 is 5.32 Å². The number of hydrogen-bond acceptors (Lipinski definition) is 3. The molecule has 26 heavy (non-hydrogen) atoms. The van der Waals surface area contributed by atoms with Crippen LogP contribution in [-0.4, -0.2) is 20.7 Å². The number of nitrogens with zero attached hydrogens (tertiary/aromatic N) is 3. The Morgan fingerprint density at radius 3 is 2.62 bits per heavy atom. The van der Waals surface area contributed by atoms with Gasteiger partial charge in [-0.2, -0.15) is 5.10 Å². The molecule has 0 saturated carbocycles. The molecule has 1 N–H and O–H groups in total. The summed E-state index contributed by atoms with van der Waals surface area (Å²) in [6.45, 7) is 2.30. The standard InChI is InChI=1S/C21H20N4O/c1-2-3-5-10-20(26)23-15-18-16-25(19-8-6-4-7-9-19)24-21(18)17-11-13-22-14-12-17/h2-14,16H,15H2,1H3,(H,23,26)/b3-2+,10-5+. The topological polar surface area (TPSA) is 59.8 Å². The van der Waals surface area contributed by atoms with Gasteiger partial charge in [-0.15, -0.1) is 0 Å². The number of nitrogens with one attached hydrogen (secondary N) is 1. The molecule has 5 heteroatoms. The molecule has 2 heterocycles. The Bertz CT molecular complexity index is 912. The van der Waals surface area contributed by atoms with Gasteiger partial charge in [0.1, 0.15) is 0 Å². The first kappa shape index (κ1) is 17.4. The SMILES string of the molecule is C/C=C/C=C/C(=O)NCc1cn(-c2ccccc2)nc1-c1ccncc1. The van der Waals surface area contributed by atoms with Crippen molar-refractivity contribution in [3.8, 4) is 16.9 Å². The quantitative estimate of drug-likeness (QED) is 0.548. The molecule has 1 aromatic carbocycles. The van der Waals surface area contributed by atoms with Gasteiger partial charge in [0.15, 0.2) is 0 Å². The molecule has 130 valence electrons. The van der Waals surface area contributed by atoms with Crippen molar-refractivity contribution in [3.63, 3.8) is 0 Å². The van der Waals surface area contributed by atoms with Crippen LogP contribution in [0.5, 0.6) is 0 Å². The van der Waals surface area contributed by atoms with E-state index in [2.05, 4.69) is 10.3 Å². The Labute approximate surface area is 152 Å². The summed E-state index contributed by atoms with van der Waals surface area (Å²) in [6, 6.07) is 13.7. The highest BCUT2D eigenvalue weighted by Crippen LogP contribution is 2.23. The second kappa shape index (κ2) is 8.58. The first-order valence-corrected chi connectivity index (χ1v) is 8.39. The first-order valence-electron chi connectivity index (χ1n) is 8.39. The van der Waals surface area contributed by atoms with Crippen LogP contribution in [0.3, 0.4) is 0 Å². The molecule has 0 bridgehead atoms. The third-order valence-corrected chi connectivity index (χ3v) is 3.77. The van der Waals surface area contributed by atoms with Crippen molar-refractivity contribution in [1.29, 1.82) is 0 Å². The number of allylic oxidation sites excluding steroid dienone is 3. The van der Waals surface area contributed by atoms with E-state index in [0.29, 0.717) is 6.54 Å². The summed E-state index contributed by atoms with van der Waals surface area (Å²) in [5.41, 5.74) is 3.69. The number of benzene rings is 1. The van der Waals surface area contributed by atoms with E-state index in [1.54, 1.807) is 18.5 Å². The van der Waals surface area contributed by atoms with Gasteiger partial charge in [-0.1, -0.05) is 36.4 Å². The average molecular weight is 344 g/mol. The lowest BCUT2D eigenvalue weighted by Crippen LogP contribution is -2.20. The van der Waals surface area contributed by atoms with Gasteiger partial charge >= 0.3 is 0 Å². The van der Waals surface area contributed by atoms with Crippen molar-refractivity contribution < 1.29 is 4.79 Å². The highest BCUT2D eigenvalue weighted by molar-refractivity contribution is 5.87. The zero-order chi connectivity index (χ0) is 18.2. The van der Waals surface area contributed by atoms with Gasteiger partial charge in [0.05, 0.1) is 11.4 Å². The number of carbonyl (C=O) groups excluding carboxylic acids is 1. The lowest BCUT2D eigenvalue weighted by molar-refractivity contribution is -0.116. The van der Waals surface area contributed by atoms with Crippen molar-refractivity contribution in [3.05, 3.63) is 90.9 Å². The van der Waals surface area contributed by atoms with Crippen LogP contribution in [0.4, 0.5) is 0 Å². The van der Waals surface area contributed by atoms with Crippen molar-refractivity contribution in [2.24, 2.45) is 0 Å². The van der Waals surface area contributed by atoms with E-state index in [1.165, 1.54) is 6.08 Å². The van der Waals surface area contributed by atoms with Crippen LogP contribution in [0.15, 0.2) is 85.4 Å². The number of pyridine rings is 1. The van der Waals surface area contributed by atoms with E-state index < -0.39 is 0 Å². The Balaban J connectivity index is 1.87. The fraction of sp³-hybridized carbons (Fsp3) is 0.0952. The molecule has 3 rings (SSSR count). The maximum atomic E-state index is 11.9. The second-order valence-corrected chi connectivity index (χ2v) is 5.62. The van der Waals surface area contributed by atoms with Crippen molar-refractivity contribution in [2.75, 3.05) is 0 Å². The molecule has 3 aromatic rings. The van der Waals surface area contributed by atoms with E-state index in [4.69, 9.17) is 5.10 Å². The van der Waals surface area contributed by atoms with Gasteiger partial charge in [-0.05, 0) is 31.2 Å². The summed E-state index contributed by atoms with van der Waals surface area (Å²) in [5.74, 6) is -0.142. The maximum Gasteiger partial charge on any atom is 0.244 e. The van der Waals surface area contributed by atoms with E-state index in [9.17, 15) is 4.79 Å². The molecule has 0 aliphatic carbocycles. The molecule has 5 nitrogen and oxygen atoms in total. The number of aromatic nitrogens is 3. The Hall–Kier alpha value is -3.47. The number of rotatable bonds is 6. The summed E-state index contributed by atoms with van der Waals surface area (Å²) in [5, 5.41) is 7.62. The normalized spacial score (nSPS) is 11.3. The molecule has 2 aromatic heterocycles. The van der Waals surface area contributed by atoms with Crippen LogP contribution < -0.4 is 5.32 Å². The average Bonchev–Trinajstić information content (AvgIpc) is 3.12. The molecule has 1 amide bonds. The third kappa shape index (κ3) is 4.33. The minimum Gasteiger partial charge on any atom is -0.348 e. The molecule has 0 fully saturated rings. The number of amides is 1. The molecular formula is C21H20N4O. The maximum absolute atomic E-state index is 11.9.